The fourth-order valence-electron chi connectivity index (χ4n) is 6.07. The summed E-state index contributed by atoms with van der Waals surface area (Å²) in [5, 5.41) is 0.983. The molecule has 0 spiro atoms. The van der Waals surface area contributed by atoms with Crippen molar-refractivity contribution in [1.82, 2.24) is 9.47 Å². The van der Waals surface area contributed by atoms with Crippen molar-refractivity contribution in [1.29, 1.82) is 0 Å². The number of carbonyl (C=O) groups is 2. The van der Waals surface area contributed by atoms with Crippen LogP contribution < -0.4 is 4.74 Å². The Hall–Kier alpha value is -3.36. The first-order valence-electron chi connectivity index (χ1n) is 14.0. The number of carbonyl (C=O) groups excluding carboxylic acids is 2. The molecule has 0 amide bonds. The Kier molecular flexibility index (Phi) is 7.93. The summed E-state index contributed by atoms with van der Waals surface area (Å²) in [5.41, 5.74) is 3.96. The van der Waals surface area contributed by atoms with Crippen LogP contribution in [0.25, 0.3) is 10.9 Å². The van der Waals surface area contributed by atoms with E-state index in [2.05, 4.69) is 4.90 Å². The number of hydrogen-bond donors (Lipinski definition) is 0. The molecule has 0 saturated carbocycles. The van der Waals surface area contributed by atoms with Gasteiger partial charge in [-0.05, 0) is 88.4 Å². The average molecular weight is 549 g/mol. The van der Waals surface area contributed by atoms with Crippen LogP contribution in [0.5, 0.6) is 5.75 Å². The van der Waals surface area contributed by atoms with E-state index in [-0.39, 0.29) is 12.0 Å². The summed E-state index contributed by atoms with van der Waals surface area (Å²) in [6.45, 7) is 10.9. The first-order valence-corrected chi connectivity index (χ1v) is 14.0. The van der Waals surface area contributed by atoms with Crippen LogP contribution in [0.2, 0.25) is 0 Å². The highest BCUT2D eigenvalue weighted by Crippen LogP contribution is 2.42. The van der Waals surface area contributed by atoms with E-state index in [1.807, 2.05) is 64.1 Å². The molecule has 3 aromatic rings. The number of aromatic nitrogens is 1. The van der Waals surface area contributed by atoms with E-state index in [0.717, 1.165) is 60.4 Å². The molecule has 2 fully saturated rings. The monoisotopic (exact) mass is 548 g/mol. The van der Waals surface area contributed by atoms with Gasteiger partial charge in [0.2, 0.25) is 0 Å². The van der Waals surface area contributed by atoms with Crippen LogP contribution in [-0.2, 0) is 20.8 Å². The van der Waals surface area contributed by atoms with Gasteiger partial charge < -0.3 is 18.9 Å². The SMILES string of the molecule is COC(=O)c1ccc([C@@H]2C[C@H](C3COC3)CCN2Cc2c(OC)cc(C)c3c2ccn3C(=O)OC(C)(C)C)cc1. The number of hydrogen-bond acceptors (Lipinski definition) is 7. The molecule has 3 heterocycles. The Morgan fingerprint density at radius 1 is 1.05 bits per heavy atom. The Labute approximate surface area is 236 Å². The largest absolute Gasteiger partial charge is 0.496 e. The number of fused-ring (bicyclic) bond motifs is 1. The van der Waals surface area contributed by atoms with Crippen LogP contribution in [0.3, 0.4) is 0 Å². The second kappa shape index (κ2) is 11.3. The fourth-order valence-corrected chi connectivity index (χ4v) is 6.07. The van der Waals surface area contributed by atoms with Crippen molar-refractivity contribution in [3.63, 3.8) is 0 Å². The Bertz CT molecular complexity index is 1380. The van der Waals surface area contributed by atoms with Gasteiger partial charge in [0.25, 0.3) is 0 Å². The van der Waals surface area contributed by atoms with Crippen LogP contribution in [-0.4, -0.2) is 61.1 Å². The highest BCUT2D eigenvalue weighted by molar-refractivity contribution is 5.95. The molecule has 1 aromatic heterocycles. The van der Waals surface area contributed by atoms with Crippen LogP contribution in [0, 0.1) is 18.8 Å². The van der Waals surface area contributed by atoms with Gasteiger partial charge in [-0.1, -0.05) is 12.1 Å². The summed E-state index contributed by atoms with van der Waals surface area (Å²) in [4.78, 5) is 27.6. The highest BCUT2D eigenvalue weighted by Gasteiger charge is 2.37. The minimum atomic E-state index is -0.594. The van der Waals surface area contributed by atoms with Crippen molar-refractivity contribution in [2.24, 2.45) is 11.8 Å². The van der Waals surface area contributed by atoms with Crippen LogP contribution in [0.1, 0.15) is 66.7 Å². The molecule has 0 bridgehead atoms. The number of methoxy groups -OCH3 is 2. The first kappa shape index (κ1) is 28.2. The molecule has 8 nitrogen and oxygen atoms in total. The van der Waals surface area contributed by atoms with Gasteiger partial charge in [0, 0.05) is 35.7 Å². The van der Waals surface area contributed by atoms with E-state index in [4.69, 9.17) is 18.9 Å². The molecule has 0 aliphatic carbocycles. The molecular weight excluding hydrogens is 508 g/mol. The molecule has 0 radical (unpaired) electrons. The number of nitrogens with zero attached hydrogens (tertiary/aromatic N) is 2. The molecule has 0 unspecified atom stereocenters. The third-order valence-corrected chi connectivity index (χ3v) is 8.20. The fraction of sp³-hybridized carbons (Fsp3) is 0.500. The van der Waals surface area contributed by atoms with Crippen molar-refractivity contribution in [2.75, 3.05) is 34.0 Å². The van der Waals surface area contributed by atoms with E-state index >= 15 is 0 Å². The van der Waals surface area contributed by atoms with Crippen molar-refractivity contribution < 1.29 is 28.5 Å². The Morgan fingerprint density at radius 2 is 1.77 bits per heavy atom. The summed E-state index contributed by atoms with van der Waals surface area (Å²) in [6.07, 6.45) is 3.51. The smallest absolute Gasteiger partial charge is 0.419 e. The molecule has 2 atom stereocenters. The second-order valence-corrected chi connectivity index (χ2v) is 12.0. The number of aryl methyl sites for hydroxylation is 1. The maximum atomic E-state index is 13.1. The predicted molar refractivity (Wildman–Crippen MR) is 153 cm³/mol. The van der Waals surface area contributed by atoms with E-state index in [9.17, 15) is 9.59 Å². The zero-order chi connectivity index (χ0) is 28.6. The van der Waals surface area contributed by atoms with E-state index in [1.165, 1.54) is 12.7 Å². The maximum absolute atomic E-state index is 13.1. The predicted octanol–water partition coefficient (Wildman–Crippen LogP) is 6.13. The average Bonchev–Trinajstić information content (AvgIpc) is 3.35. The molecule has 2 saturated heterocycles. The summed E-state index contributed by atoms with van der Waals surface area (Å²) >= 11 is 0. The number of rotatable bonds is 6. The lowest BCUT2D eigenvalue weighted by molar-refractivity contribution is -0.0800. The summed E-state index contributed by atoms with van der Waals surface area (Å²) in [5.74, 6) is 1.66. The first-order chi connectivity index (χ1) is 19.1. The van der Waals surface area contributed by atoms with E-state index in [0.29, 0.717) is 23.9 Å². The Morgan fingerprint density at radius 3 is 2.38 bits per heavy atom. The van der Waals surface area contributed by atoms with Gasteiger partial charge in [-0.15, -0.1) is 0 Å². The van der Waals surface area contributed by atoms with Gasteiger partial charge in [-0.2, -0.15) is 0 Å². The molecule has 5 rings (SSSR count). The maximum Gasteiger partial charge on any atom is 0.419 e. The van der Waals surface area contributed by atoms with Crippen molar-refractivity contribution in [2.45, 2.75) is 58.7 Å². The van der Waals surface area contributed by atoms with Gasteiger partial charge in [0.1, 0.15) is 11.4 Å². The molecule has 214 valence electrons. The van der Waals surface area contributed by atoms with Gasteiger partial charge >= 0.3 is 12.1 Å². The van der Waals surface area contributed by atoms with Crippen LogP contribution in [0.4, 0.5) is 4.79 Å². The lowest BCUT2D eigenvalue weighted by Crippen LogP contribution is -2.43. The van der Waals surface area contributed by atoms with Crippen molar-refractivity contribution in [3.8, 4) is 5.75 Å². The second-order valence-electron chi connectivity index (χ2n) is 12.0. The molecule has 0 N–H and O–H groups in total. The molecule has 2 aliphatic rings. The number of piperidine rings is 1. The topological polar surface area (TPSA) is 79.2 Å². The van der Waals surface area contributed by atoms with Gasteiger partial charge in [0.15, 0.2) is 0 Å². The lowest BCUT2D eigenvalue weighted by atomic mass is 9.78. The minimum Gasteiger partial charge on any atom is -0.496 e. The van der Waals surface area contributed by atoms with Crippen LogP contribution in [0.15, 0.2) is 42.6 Å². The van der Waals surface area contributed by atoms with Crippen molar-refractivity contribution in [3.05, 3.63) is 64.8 Å². The number of esters is 1. The minimum absolute atomic E-state index is 0.167. The lowest BCUT2D eigenvalue weighted by Gasteiger charge is -2.44. The zero-order valence-corrected chi connectivity index (χ0v) is 24.4. The third kappa shape index (κ3) is 5.60. The molecule has 40 heavy (non-hydrogen) atoms. The van der Waals surface area contributed by atoms with Crippen LogP contribution >= 0.6 is 0 Å². The summed E-state index contributed by atoms with van der Waals surface area (Å²) in [6, 6.07) is 12.0. The summed E-state index contributed by atoms with van der Waals surface area (Å²) < 4.78 is 23.6. The van der Waals surface area contributed by atoms with E-state index in [1.54, 1.807) is 17.9 Å². The third-order valence-electron chi connectivity index (χ3n) is 8.20. The number of benzene rings is 2. The molecular formula is C32H40N2O6. The molecule has 2 aromatic carbocycles. The van der Waals surface area contributed by atoms with Gasteiger partial charge in [0.05, 0.1) is 38.5 Å². The number of likely N-dealkylation sites (tertiary alicyclic amines) is 1. The normalized spacial score (nSPS) is 20.2. The van der Waals surface area contributed by atoms with Gasteiger partial charge in [-0.25, -0.2) is 9.59 Å². The molecule has 2 aliphatic heterocycles. The number of ether oxygens (including phenoxy) is 4. The van der Waals surface area contributed by atoms with E-state index < -0.39 is 11.7 Å². The zero-order valence-electron chi connectivity index (χ0n) is 24.4. The quantitative estimate of drug-likeness (QED) is 0.343. The van der Waals surface area contributed by atoms with Gasteiger partial charge in [-0.3, -0.25) is 9.47 Å². The van der Waals surface area contributed by atoms with Crippen molar-refractivity contribution >= 4 is 23.0 Å². The standard InChI is InChI=1S/C32H40N2O6/c1-20-15-28(37-5)26(25-12-14-34(29(20)25)31(36)40-32(2,3)4)17-33-13-11-23(24-18-39-19-24)16-27(33)21-7-9-22(10-8-21)30(35)38-6/h7-10,12,14-15,23-24,27H,11,13,16-19H2,1-6H3/t23-,27+/m1/s1. The summed E-state index contributed by atoms with van der Waals surface area (Å²) in [7, 11) is 3.09. The highest BCUT2D eigenvalue weighted by atomic mass is 16.6. The molecule has 8 heteroatoms. The Balaban J connectivity index is 1.50.